The van der Waals surface area contributed by atoms with Gasteiger partial charge in [0, 0.05) is 16.8 Å². The highest BCUT2D eigenvalue weighted by atomic mass is 16.3. The van der Waals surface area contributed by atoms with Gasteiger partial charge in [-0.15, -0.1) is 0 Å². The molecule has 1 fully saturated rings. The Morgan fingerprint density at radius 1 is 1.21 bits per heavy atom. The van der Waals surface area contributed by atoms with Gasteiger partial charge in [-0.25, -0.2) is 9.78 Å². The molecule has 0 atom stereocenters. The highest BCUT2D eigenvalue weighted by molar-refractivity contribution is 6.04. The maximum absolute atomic E-state index is 12.5. The summed E-state index contributed by atoms with van der Waals surface area (Å²) in [4.78, 5) is 41.3. The molecule has 1 aliphatic heterocycles. The Morgan fingerprint density at radius 3 is 2.66 bits per heavy atom. The molecule has 2 N–H and O–H groups in total. The molecule has 3 aromatic rings. The lowest BCUT2D eigenvalue weighted by atomic mass is 10.1. The van der Waals surface area contributed by atoms with Gasteiger partial charge in [0.2, 0.25) is 11.8 Å². The molecular weight excluding hydrogens is 372 g/mol. The molecule has 4 amide bonds. The van der Waals surface area contributed by atoms with Crippen molar-refractivity contribution in [3.05, 3.63) is 71.6 Å². The van der Waals surface area contributed by atoms with E-state index in [9.17, 15) is 14.4 Å². The third-order valence-corrected chi connectivity index (χ3v) is 4.48. The Labute approximate surface area is 166 Å². The van der Waals surface area contributed by atoms with Crippen LogP contribution < -0.4 is 10.6 Å². The summed E-state index contributed by atoms with van der Waals surface area (Å²) in [6.45, 7) is 2.03. The second-order valence-electron chi connectivity index (χ2n) is 6.66. The molecule has 0 aliphatic carbocycles. The third-order valence-electron chi connectivity index (χ3n) is 4.48. The number of nitrogens with zero attached hydrogens (tertiary/aromatic N) is 2. The number of amides is 4. The lowest BCUT2D eigenvalue weighted by molar-refractivity contribution is -0.125. The van der Waals surface area contributed by atoms with Gasteiger partial charge in [-0.2, -0.15) is 0 Å². The number of imide groups is 1. The van der Waals surface area contributed by atoms with Crippen molar-refractivity contribution in [3.8, 4) is 11.5 Å². The van der Waals surface area contributed by atoms with Gasteiger partial charge in [0.05, 0.1) is 18.8 Å². The summed E-state index contributed by atoms with van der Waals surface area (Å²) >= 11 is 0. The first-order chi connectivity index (χ1) is 14.0. The highest BCUT2D eigenvalue weighted by Gasteiger charge is 2.28. The molecule has 8 nitrogen and oxygen atoms in total. The van der Waals surface area contributed by atoms with Crippen LogP contribution in [0.3, 0.4) is 0 Å². The van der Waals surface area contributed by atoms with Gasteiger partial charge in [0.25, 0.3) is 5.91 Å². The number of aromatic nitrogens is 1. The van der Waals surface area contributed by atoms with Gasteiger partial charge in [-0.05, 0) is 42.8 Å². The average molecular weight is 390 g/mol. The van der Waals surface area contributed by atoms with Crippen LogP contribution in [0.4, 0.5) is 10.5 Å². The van der Waals surface area contributed by atoms with Gasteiger partial charge < -0.3 is 15.1 Å². The smallest absolute Gasteiger partial charge is 0.324 e. The molecule has 0 bridgehead atoms. The average Bonchev–Trinajstić information content (AvgIpc) is 3.29. The first kappa shape index (κ1) is 18.4. The number of carbonyl (C=O) groups is 3. The first-order valence-corrected chi connectivity index (χ1v) is 9.00. The predicted octanol–water partition coefficient (Wildman–Crippen LogP) is 2.95. The number of anilines is 1. The Morgan fingerprint density at radius 2 is 2.00 bits per heavy atom. The summed E-state index contributed by atoms with van der Waals surface area (Å²) in [5.41, 5.74) is 3.38. The van der Waals surface area contributed by atoms with Crippen molar-refractivity contribution < 1.29 is 18.8 Å². The molecule has 0 saturated carbocycles. The molecule has 2 aromatic carbocycles. The van der Waals surface area contributed by atoms with Crippen LogP contribution in [0.15, 0.2) is 59.2 Å². The molecule has 0 radical (unpaired) electrons. The first-order valence-electron chi connectivity index (χ1n) is 9.00. The molecule has 0 spiro atoms. The van der Waals surface area contributed by atoms with E-state index >= 15 is 0 Å². The minimum absolute atomic E-state index is 0.0193. The maximum atomic E-state index is 12.5. The molecule has 4 rings (SSSR count). The number of carbonyl (C=O) groups excluding carboxylic acids is 3. The number of hydrogen-bond donors (Lipinski definition) is 2. The largest absolute Gasteiger partial charge is 0.444 e. The second kappa shape index (κ2) is 7.59. The Bertz CT molecular complexity index is 1070. The van der Waals surface area contributed by atoms with Crippen molar-refractivity contribution in [2.75, 3.05) is 11.9 Å². The number of nitrogens with one attached hydrogen (secondary N) is 2. The van der Waals surface area contributed by atoms with E-state index in [-0.39, 0.29) is 24.9 Å². The third kappa shape index (κ3) is 4.01. The zero-order chi connectivity index (χ0) is 20.4. The summed E-state index contributed by atoms with van der Waals surface area (Å²) in [7, 11) is 0. The molecule has 8 heteroatoms. The van der Waals surface area contributed by atoms with Crippen molar-refractivity contribution in [2.24, 2.45) is 0 Å². The van der Waals surface area contributed by atoms with E-state index in [2.05, 4.69) is 15.6 Å². The Kier molecular flexibility index (Phi) is 4.82. The Hall–Kier alpha value is -3.94. The molecule has 1 aromatic heterocycles. The summed E-state index contributed by atoms with van der Waals surface area (Å²) in [6.07, 6.45) is 1.57. The van der Waals surface area contributed by atoms with E-state index in [1.807, 2.05) is 19.1 Å². The van der Waals surface area contributed by atoms with E-state index < -0.39 is 6.03 Å². The van der Waals surface area contributed by atoms with Crippen molar-refractivity contribution >= 4 is 23.5 Å². The van der Waals surface area contributed by atoms with E-state index in [4.69, 9.17) is 4.42 Å². The van der Waals surface area contributed by atoms with Crippen molar-refractivity contribution in [1.82, 2.24) is 15.2 Å². The number of aryl methyl sites for hydroxylation is 1. The molecular formula is C21H18N4O4. The molecule has 146 valence electrons. The lowest BCUT2D eigenvalue weighted by Crippen LogP contribution is -2.30. The fourth-order valence-electron chi connectivity index (χ4n) is 2.98. The summed E-state index contributed by atoms with van der Waals surface area (Å²) < 4.78 is 5.40. The van der Waals surface area contributed by atoms with Crippen molar-refractivity contribution in [2.45, 2.75) is 13.5 Å². The molecule has 0 unspecified atom stereocenters. The van der Waals surface area contributed by atoms with E-state index in [0.717, 1.165) is 21.7 Å². The van der Waals surface area contributed by atoms with Crippen LogP contribution in [0.1, 0.15) is 21.6 Å². The van der Waals surface area contributed by atoms with Crippen molar-refractivity contribution in [1.29, 1.82) is 0 Å². The van der Waals surface area contributed by atoms with Crippen LogP contribution in [0, 0.1) is 6.92 Å². The van der Waals surface area contributed by atoms with Crippen LogP contribution in [-0.2, 0) is 11.3 Å². The SMILES string of the molecule is Cc1coc(-c2cccc(NC(=O)c3ccc(CN4C(=O)CNC4=O)cc3)c2)n1. The molecule has 1 aliphatic rings. The number of rotatable bonds is 5. The van der Waals surface area contributed by atoms with Crippen LogP contribution in [-0.4, -0.2) is 34.3 Å². The monoisotopic (exact) mass is 390 g/mol. The zero-order valence-electron chi connectivity index (χ0n) is 15.6. The quantitative estimate of drug-likeness (QED) is 0.652. The molecule has 2 heterocycles. The van der Waals surface area contributed by atoms with Gasteiger partial charge in [0.15, 0.2) is 0 Å². The van der Waals surface area contributed by atoms with Gasteiger partial charge >= 0.3 is 6.03 Å². The zero-order valence-corrected chi connectivity index (χ0v) is 15.6. The number of oxazole rings is 1. The van der Waals surface area contributed by atoms with Gasteiger partial charge in [-0.3, -0.25) is 14.5 Å². The lowest BCUT2D eigenvalue weighted by Gasteiger charge is -2.12. The minimum Gasteiger partial charge on any atom is -0.444 e. The van der Waals surface area contributed by atoms with Crippen LogP contribution in [0.5, 0.6) is 0 Å². The van der Waals surface area contributed by atoms with E-state index in [0.29, 0.717) is 17.1 Å². The van der Waals surface area contributed by atoms with Gasteiger partial charge in [-0.1, -0.05) is 18.2 Å². The standard InChI is InChI=1S/C21H18N4O4/c1-13-12-29-20(23-13)16-3-2-4-17(9-16)24-19(27)15-7-5-14(6-8-15)11-25-18(26)10-22-21(25)28/h2-9,12H,10-11H2,1H3,(H,22,28)(H,24,27). The van der Waals surface area contributed by atoms with Gasteiger partial charge in [0.1, 0.15) is 6.26 Å². The fourth-order valence-corrected chi connectivity index (χ4v) is 2.98. The Balaban J connectivity index is 1.44. The van der Waals surface area contributed by atoms with Crippen LogP contribution in [0.25, 0.3) is 11.5 Å². The van der Waals surface area contributed by atoms with E-state index in [1.54, 1.807) is 42.7 Å². The fraction of sp³-hybridized carbons (Fsp3) is 0.143. The highest BCUT2D eigenvalue weighted by Crippen LogP contribution is 2.22. The summed E-state index contributed by atoms with van der Waals surface area (Å²) in [6, 6.07) is 13.6. The number of hydrogen-bond acceptors (Lipinski definition) is 5. The molecule has 29 heavy (non-hydrogen) atoms. The van der Waals surface area contributed by atoms with E-state index in [1.165, 1.54) is 0 Å². The van der Waals surface area contributed by atoms with Crippen molar-refractivity contribution in [3.63, 3.8) is 0 Å². The predicted molar refractivity (Wildman–Crippen MR) is 105 cm³/mol. The maximum Gasteiger partial charge on any atom is 0.324 e. The summed E-state index contributed by atoms with van der Waals surface area (Å²) in [5, 5.41) is 5.32. The minimum atomic E-state index is -0.405. The number of benzene rings is 2. The topological polar surface area (TPSA) is 105 Å². The second-order valence-corrected chi connectivity index (χ2v) is 6.66. The normalized spacial score (nSPS) is 13.5. The van der Waals surface area contributed by atoms with Crippen LogP contribution in [0.2, 0.25) is 0 Å². The summed E-state index contributed by atoms with van der Waals surface area (Å²) in [5.74, 6) is -0.0475. The van der Waals surface area contributed by atoms with Crippen LogP contribution >= 0.6 is 0 Å². The molecule has 1 saturated heterocycles. The number of urea groups is 1.